The molecule has 0 aromatic carbocycles. The number of carbonyl (C=O) groups is 2. The molecule has 4 rings (SSSR count). The molecule has 0 saturated heterocycles. The third-order valence-corrected chi connectivity index (χ3v) is 6.22. The number of hydrogen-bond donors (Lipinski definition) is 2. The molecule has 1 aliphatic heterocycles. The number of allylic oxidation sites excluding steroid dienone is 3. The molecule has 0 radical (unpaired) electrons. The highest BCUT2D eigenvalue weighted by molar-refractivity contribution is 7.08. The second kappa shape index (κ2) is 7.26. The monoisotopic (exact) mass is 407 g/mol. The van der Waals surface area contributed by atoms with Gasteiger partial charge in [0.05, 0.1) is 0 Å². The van der Waals surface area contributed by atoms with Crippen molar-refractivity contribution in [2.24, 2.45) is 5.41 Å². The van der Waals surface area contributed by atoms with Crippen molar-refractivity contribution in [3.8, 4) is 0 Å². The highest BCUT2D eigenvalue weighted by atomic mass is 32.1. The fourth-order valence-electron chi connectivity index (χ4n) is 4.24. The Hall–Kier alpha value is -2.73. The zero-order chi connectivity index (χ0) is 20.8. The first-order valence-electron chi connectivity index (χ1n) is 9.75. The molecule has 1 unspecified atom stereocenters. The van der Waals surface area contributed by atoms with E-state index < -0.39 is 0 Å². The van der Waals surface area contributed by atoms with Crippen molar-refractivity contribution in [2.45, 2.75) is 46.5 Å². The molecule has 29 heavy (non-hydrogen) atoms. The van der Waals surface area contributed by atoms with Crippen LogP contribution < -0.4 is 10.6 Å². The van der Waals surface area contributed by atoms with E-state index in [2.05, 4.69) is 29.5 Å². The number of rotatable bonds is 3. The van der Waals surface area contributed by atoms with Crippen LogP contribution in [0, 0.1) is 12.3 Å². The summed E-state index contributed by atoms with van der Waals surface area (Å²) < 4.78 is 0. The Morgan fingerprint density at radius 3 is 2.69 bits per heavy atom. The molecule has 5 nitrogen and oxygen atoms in total. The van der Waals surface area contributed by atoms with Crippen molar-refractivity contribution in [3.05, 3.63) is 68.8 Å². The second-order valence-corrected chi connectivity index (χ2v) is 9.44. The molecule has 150 valence electrons. The number of Topliss-reactive ketones (excluding diaryl/α,β-unsaturated/α-hetero) is 1. The molecule has 6 heteroatoms. The highest BCUT2D eigenvalue weighted by Crippen LogP contribution is 2.47. The number of carbonyl (C=O) groups excluding carboxylic acids is 2. The molecule has 0 spiro atoms. The van der Waals surface area contributed by atoms with Gasteiger partial charge in [0.2, 0.25) is 0 Å². The predicted molar refractivity (Wildman–Crippen MR) is 116 cm³/mol. The fourth-order valence-corrected chi connectivity index (χ4v) is 4.92. The van der Waals surface area contributed by atoms with Gasteiger partial charge in [0.15, 0.2) is 5.78 Å². The number of hydrogen-bond acceptors (Lipinski definition) is 5. The fraction of sp³-hybridized carbons (Fsp3) is 0.348. The zero-order valence-electron chi connectivity index (χ0n) is 17.1. The molecular weight excluding hydrogens is 382 g/mol. The van der Waals surface area contributed by atoms with E-state index in [0.29, 0.717) is 17.8 Å². The molecule has 1 atom stereocenters. The number of dihydropyridines is 1. The van der Waals surface area contributed by atoms with E-state index in [-0.39, 0.29) is 23.0 Å². The van der Waals surface area contributed by atoms with Crippen molar-refractivity contribution in [2.75, 3.05) is 5.32 Å². The maximum absolute atomic E-state index is 13.3. The van der Waals surface area contributed by atoms with Crippen LogP contribution in [0.15, 0.2) is 57.7 Å². The van der Waals surface area contributed by atoms with Crippen molar-refractivity contribution < 1.29 is 9.59 Å². The minimum Gasteiger partial charge on any atom is -0.362 e. The van der Waals surface area contributed by atoms with Crippen molar-refractivity contribution in [3.63, 3.8) is 0 Å². The van der Waals surface area contributed by atoms with Crippen LogP contribution in [0.2, 0.25) is 0 Å². The van der Waals surface area contributed by atoms with E-state index in [1.165, 1.54) is 0 Å². The number of thiophene rings is 1. The Morgan fingerprint density at radius 1 is 1.24 bits per heavy atom. The van der Waals surface area contributed by atoms with E-state index >= 15 is 0 Å². The van der Waals surface area contributed by atoms with Gasteiger partial charge >= 0.3 is 0 Å². The van der Waals surface area contributed by atoms with E-state index in [4.69, 9.17) is 0 Å². The lowest BCUT2D eigenvalue weighted by atomic mass is 9.69. The van der Waals surface area contributed by atoms with Gasteiger partial charge in [-0.1, -0.05) is 19.9 Å². The second-order valence-electron chi connectivity index (χ2n) is 8.66. The number of aryl methyl sites for hydroxylation is 1. The van der Waals surface area contributed by atoms with Gasteiger partial charge < -0.3 is 10.6 Å². The average Bonchev–Trinajstić information content (AvgIpc) is 3.15. The lowest BCUT2D eigenvalue weighted by Gasteiger charge is -2.39. The summed E-state index contributed by atoms with van der Waals surface area (Å²) in [6.07, 6.45) is 3.00. The van der Waals surface area contributed by atoms with Gasteiger partial charge in [-0.05, 0) is 59.7 Å². The van der Waals surface area contributed by atoms with E-state index in [0.717, 1.165) is 34.5 Å². The third-order valence-electron chi connectivity index (χ3n) is 5.51. The predicted octanol–water partition coefficient (Wildman–Crippen LogP) is 4.69. The molecule has 2 aromatic rings. The average molecular weight is 408 g/mol. The smallest absolute Gasteiger partial charge is 0.255 e. The van der Waals surface area contributed by atoms with E-state index in [1.54, 1.807) is 23.6 Å². The molecule has 2 N–H and O–H groups in total. The summed E-state index contributed by atoms with van der Waals surface area (Å²) in [6, 6.07) is 5.70. The van der Waals surface area contributed by atoms with Crippen LogP contribution in [-0.4, -0.2) is 16.7 Å². The third kappa shape index (κ3) is 3.77. The molecule has 1 amide bonds. The summed E-state index contributed by atoms with van der Waals surface area (Å²) in [6.45, 7) is 8.08. The van der Waals surface area contributed by atoms with Gasteiger partial charge in [-0.2, -0.15) is 11.3 Å². The molecule has 0 saturated carbocycles. The molecule has 2 aromatic heterocycles. The Balaban J connectivity index is 1.75. The molecule has 1 aliphatic carbocycles. The van der Waals surface area contributed by atoms with Gasteiger partial charge in [0.1, 0.15) is 5.82 Å². The van der Waals surface area contributed by atoms with Gasteiger partial charge in [0.25, 0.3) is 5.91 Å². The summed E-state index contributed by atoms with van der Waals surface area (Å²) in [5.74, 6) is 0.0327. The van der Waals surface area contributed by atoms with Gasteiger partial charge in [-0.25, -0.2) is 4.98 Å². The summed E-state index contributed by atoms with van der Waals surface area (Å²) >= 11 is 1.57. The number of amides is 1. The van der Waals surface area contributed by atoms with Crippen molar-refractivity contribution in [1.82, 2.24) is 10.3 Å². The normalized spacial score (nSPS) is 21.0. The molecule has 2 aliphatic rings. The number of anilines is 1. The lowest BCUT2D eigenvalue weighted by molar-refractivity contribution is -0.118. The largest absolute Gasteiger partial charge is 0.362 e. The van der Waals surface area contributed by atoms with Gasteiger partial charge in [-0.15, -0.1) is 0 Å². The van der Waals surface area contributed by atoms with Crippen LogP contribution in [0.4, 0.5) is 5.82 Å². The lowest BCUT2D eigenvalue weighted by Crippen LogP contribution is -2.39. The Morgan fingerprint density at radius 2 is 2.03 bits per heavy atom. The highest BCUT2D eigenvalue weighted by Gasteiger charge is 2.42. The number of nitrogens with zero attached hydrogens (tertiary/aromatic N) is 1. The first kappa shape index (κ1) is 19.6. The molecule has 0 bridgehead atoms. The van der Waals surface area contributed by atoms with Crippen LogP contribution in [0.1, 0.15) is 50.7 Å². The Bertz CT molecular complexity index is 1030. The summed E-state index contributed by atoms with van der Waals surface area (Å²) in [4.78, 5) is 30.7. The topological polar surface area (TPSA) is 71.1 Å². The van der Waals surface area contributed by atoms with E-state index in [9.17, 15) is 9.59 Å². The van der Waals surface area contributed by atoms with Crippen molar-refractivity contribution in [1.29, 1.82) is 0 Å². The maximum atomic E-state index is 13.3. The number of pyridine rings is 1. The molecule has 3 heterocycles. The summed E-state index contributed by atoms with van der Waals surface area (Å²) in [5, 5.41) is 10.3. The van der Waals surface area contributed by atoms with E-state index in [1.807, 2.05) is 36.7 Å². The molecule has 0 fully saturated rings. The van der Waals surface area contributed by atoms with Crippen LogP contribution in [0.25, 0.3) is 0 Å². The minimum absolute atomic E-state index is 0.0893. The number of aromatic nitrogens is 1. The minimum atomic E-state index is -0.355. The van der Waals surface area contributed by atoms with Crippen LogP contribution in [0.5, 0.6) is 0 Å². The maximum Gasteiger partial charge on any atom is 0.255 e. The van der Waals surface area contributed by atoms with Crippen LogP contribution in [0.3, 0.4) is 0 Å². The summed E-state index contributed by atoms with van der Waals surface area (Å²) in [7, 11) is 0. The SMILES string of the molecule is CC1=C(C(=O)Nc2ccc(C)cn2)C(c2ccsc2)C2=C(CC(C)(C)CC2=O)N1. The first-order chi connectivity index (χ1) is 13.7. The van der Waals surface area contributed by atoms with Crippen molar-refractivity contribution >= 4 is 28.8 Å². The first-order valence-corrected chi connectivity index (χ1v) is 10.7. The standard InChI is InChI=1S/C23H25N3O2S/c1-13-5-6-18(24-11-13)26-22(28)19-14(2)25-16-9-23(3,4)10-17(27)21(16)20(19)15-7-8-29-12-15/h5-8,11-12,20,25H,9-10H2,1-4H3,(H,24,26,28). The Labute approximate surface area is 174 Å². The quantitative estimate of drug-likeness (QED) is 0.774. The van der Waals surface area contributed by atoms with Crippen LogP contribution in [-0.2, 0) is 9.59 Å². The van der Waals surface area contributed by atoms with Crippen LogP contribution >= 0.6 is 11.3 Å². The number of nitrogens with one attached hydrogen (secondary N) is 2. The van der Waals surface area contributed by atoms with Gasteiger partial charge in [0, 0.05) is 41.1 Å². The number of ketones is 1. The summed E-state index contributed by atoms with van der Waals surface area (Å²) in [5.41, 5.74) is 4.97. The zero-order valence-corrected chi connectivity index (χ0v) is 17.9. The Kier molecular flexibility index (Phi) is 4.90. The van der Waals surface area contributed by atoms with Gasteiger partial charge in [-0.3, -0.25) is 9.59 Å². The molecular formula is C23H25N3O2S.